The van der Waals surface area contributed by atoms with Crippen LogP contribution in [0.15, 0.2) is 0 Å². The van der Waals surface area contributed by atoms with Crippen LogP contribution < -0.4 is 0 Å². The lowest BCUT2D eigenvalue weighted by Gasteiger charge is -2.27. The first kappa shape index (κ1) is 21.5. The van der Waals surface area contributed by atoms with Crippen LogP contribution in [0.25, 0.3) is 0 Å². The van der Waals surface area contributed by atoms with Crippen molar-refractivity contribution < 1.29 is 14.3 Å². The van der Waals surface area contributed by atoms with E-state index >= 15 is 0 Å². The fraction of sp³-hybridized carbons (Fsp3) is 0.952. The standard InChI is InChI=1S/C21H40N2O3/c1-19(11-9-17-22-13-5-3-6-14-22)25-21(24)26-20(2)12-10-18-23-15-7-4-8-16-23/h19-20H,3-18H2,1-2H3. The summed E-state index contributed by atoms with van der Waals surface area (Å²) in [4.78, 5) is 17.0. The van der Waals surface area contributed by atoms with Gasteiger partial charge in [-0.1, -0.05) is 12.8 Å². The maximum Gasteiger partial charge on any atom is 0.508 e. The van der Waals surface area contributed by atoms with E-state index in [-0.39, 0.29) is 12.2 Å². The Morgan fingerprint density at radius 1 is 0.731 bits per heavy atom. The van der Waals surface area contributed by atoms with Gasteiger partial charge >= 0.3 is 6.16 Å². The first-order valence-electron chi connectivity index (χ1n) is 11.0. The SMILES string of the molecule is CC(CCCN1CCCCC1)OC(=O)OC(C)CCCN1CCCCC1. The van der Waals surface area contributed by atoms with Crippen LogP contribution in [0.3, 0.4) is 0 Å². The van der Waals surface area contributed by atoms with E-state index in [1.54, 1.807) is 0 Å². The third-order valence-corrected chi connectivity index (χ3v) is 5.66. The minimum Gasteiger partial charge on any atom is -0.431 e. The number of hydrogen-bond donors (Lipinski definition) is 0. The van der Waals surface area contributed by atoms with Crippen LogP contribution in [0.2, 0.25) is 0 Å². The van der Waals surface area contributed by atoms with Crippen molar-refractivity contribution in [3.63, 3.8) is 0 Å². The Bertz CT molecular complexity index is 345. The van der Waals surface area contributed by atoms with Crippen LogP contribution in [0.5, 0.6) is 0 Å². The van der Waals surface area contributed by atoms with Gasteiger partial charge in [0.1, 0.15) is 12.2 Å². The van der Waals surface area contributed by atoms with Gasteiger partial charge in [0.15, 0.2) is 0 Å². The number of carbonyl (C=O) groups is 1. The van der Waals surface area contributed by atoms with Gasteiger partial charge in [-0.2, -0.15) is 0 Å². The Morgan fingerprint density at radius 3 is 1.50 bits per heavy atom. The zero-order chi connectivity index (χ0) is 18.6. The molecule has 0 aromatic carbocycles. The maximum atomic E-state index is 11.9. The van der Waals surface area contributed by atoms with Crippen molar-refractivity contribution in [2.24, 2.45) is 0 Å². The Kier molecular flexibility index (Phi) is 10.4. The lowest BCUT2D eigenvalue weighted by Crippen LogP contribution is -2.31. The summed E-state index contributed by atoms with van der Waals surface area (Å²) in [5.41, 5.74) is 0. The van der Waals surface area contributed by atoms with Crippen LogP contribution in [-0.2, 0) is 9.47 Å². The smallest absolute Gasteiger partial charge is 0.431 e. The second kappa shape index (κ2) is 12.6. The van der Waals surface area contributed by atoms with Crippen molar-refractivity contribution in [2.45, 2.75) is 90.3 Å². The van der Waals surface area contributed by atoms with Gasteiger partial charge in [-0.25, -0.2) is 4.79 Å². The fourth-order valence-electron chi connectivity index (χ4n) is 4.04. The Hall–Kier alpha value is -0.810. The van der Waals surface area contributed by atoms with Gasteiger partial charge in [0, 0.05) is 0 Å². The monoisotopic (exact) mass is 368 g/mol. The summed E-state index contributed by atoms with van der Waals surface area (Å²) in [6, 6.07) is 0. The second-order valence-corrected chi connectivity index (χ2v) is 8.20. The van der Waals surface area contributed by atoms with Crippen LogP contribution in [0, 0.1) is 0 Å². The van der Waals surface area contributed by atoms with Gasteiger partial charge in [-0.3, -0.25) is 0 Å². The van der Waals surface area contributed by atoms with Crippen LogP contribution in [-0.4, -0.2) is 67.4 Å². The van der Waals surface area contributed by atoms with Gasteiger partial charge in [-0.05, 0) is 104 Å². The molecule has 5 nitrogen and oxygen atoms in total. The molecule has 2 rings (SSSR count). The molecule has 152 valence electrons. The molecule has 0 aromatic heterocycles. The summed E-state index contributed by atoms with van der Waals surface area (Å²) in [7, 11) is 0. The quantitative estimate of drug-likeness (QED) is 0.533. The summed E-state index contributed by atoms with van der Waals surface area (Å²) < 4.78 is 10.8. The maximum absolute atomic E-state index is 11.9. The first-order chi connectivity index (χ1) is 12.6. The topological polar surface area (TPSA) is 42.0 Å². The second-order valence-electron chi connectivity index (χ2n) is 8.20. The molecular formula is C21H40N2O3. The molecule has 2 aliphatic heterocycles. The Balaban J connectivity index is 1.48. The number of hydrogen-bond acceptors (Lipinski definition) is 5. The minimum atomic E-state index is -0.499. The number of piperidine rings is 2. The summed E-state index contributed by atoms with van der Waals surface area (Å²) >= 11 is 0. The summed E-state index contributed by atoms with van der Waals surface area (Å²) in [6.07, 6.45) is 11.4. The molecule has 0 radical (unpaired) electrons. The molecule has 2 aliphatic rings. The van der Waals surface area contributed by atoms with E-state index in [0.717, 1.165) is 38.8 Å². The van der Waals surface area contributed by atoms with E-state index in [4.69, 9.17) is 9.47 Å². The zero-order valence-electron chi connectivity index (χ0n) is 17.1. The minimum absolute atomic E-state index is 0.0622. The summed E-state index contributed by atoms with van der Waals surface area (Å²) in [5.74, 6) is 0. The number of ether oxygens (including phenoxy) is 2. The molecule has 0 aliphatic carbocycles. The van der Waals surface area contributed by atoms with E-state index < -0.39 is 6.16 Å². The van der Waals surface area contributed by atoms with Crippen LogP contribution in [0.1, 0.15) is 78.1 Å². The van der Waals surface area contributed by atoms with E-state index in [2.05, 4.69) is 9.80 Å². The molecule has 2 unspecified atom stereocenters. The first-order valence-corrected chi connectivity index (χ1v) is 11.0. The van der Waals surface area contributed by atoms with Crippen molar-refractivity contribution >= 4 is 6.16 Å². The molecule has 2 saturated heterocycles. The largest absolute Gasteiger partial charge is 0.508 e. The van der Waals surface area contributed by atoms with Crippen LogP contribution in [0.4, 0.5) is 4.79 Å². The van der Waals surface area contributed by atoms with E-state index in [0.29, 0.717) is 0 Å². The highest BCUT2D eigenvalue weighted by Gasteiger charge is 2.16. The van der Waals surface area contributed by atoms with E-state index in [1.807, 2.05) is 13.8 Å². The summed E-state index contributed by atoms with van der Waals surface area (Å²) in [6.45, 7) is 11.1. The molecular weight excluding hydrogens is 328 g/mol. The normalized spacial score (nSPS) is 21.9. The molecule has 0 aromatic rings. The van der Waals surface area contributed by atoms with Crippen molar-refractivity contribution in [3.8, 4) is 0 Å². The Labute approximate surface area is 160 Å². The van der Waals surface area contributed by atoms with E-state index in [9.17, 15) is 4.79 Å². The summed E-state index contributed by atoms with van der Waals surface area (Å²) in [5, 5.41) is 0. The predicted molar refractivity (Wildman–Crippen MR) is 106 cm³/mol. The molecule has 0 bridgehead atoms. The molecule has 2 heterocycles. The highest BCUT2D eigenvalue weighted by atomic mass is 16.7. The third kappa shape index (κ3) is 9.22. The van der Waals surface area contributed by atoms with Gasteiger partial charge < -0.3 is 19.3 Å². The molecule has 0 spiro atoms. The van der Waals surface area contributed by atoms with Crippen molar-refractivity contribution in [3.05, 3.63) is 0 Å². The number of rotatable bonds is 10. The number of likely N-dealkylation sites (tertiary alicyclic amines) is 2. The molecule has 0 saturated carbocycles. The lowest BCUT2D eigenvalue weighted by atomic mass is 10.1. The fourth-order valence-corrected chi connectivity index (χ4v) is 4.04. The van der Waals surface area contributed by atoms with E-state index in [1.165, 1.54) is 64.7 Å². The van der Waals surface area contributed by atoms with Gasteiger partial charge in [0.05, 0.1) is 0 Å². The molecule has 2 atom stereocenters. The van der Waals surface area contributed by atoms with Crippen molar-refractivity contribution in [1.29, 1.82) is 0 Å². The molecule has 26 heavy (non-hydrogen) atoms. The number of carbonyl (C=O) groups excluding carboxylic acids is 1. The molecule has 5 heteroatoms. The number of nitrogens with zero attached hydrogens (tertiary/aromatic N) is 2. The van der Waals surface area contributed by atoms with Crippen LogP contribution >= 0.6 is 0 Å². The van der Waals surface area contributed by atoms with Gasteiger partial charge in [-0.15, -0.1) is 0 Å². The van der Waals surface area contributed by atoms with Crippen molar-refractivity contribution in [2.75, 3.05) is 39.3 Å². The average molecular weight is 369 g/mol. The average Bonchev–Trinajstić information content (AvgIpc) is 2.63. The molecule has 2 fully saturated rings. The van der Waals surface area contributed by atoms with Gasteiger partial charge in [0.2, 0.25) is 0 Å². The van der Waals surface area contributed by atoms with Crippen molar-refractivity contribution in [1.82, 2.24) is 9.80 Å². The predicted octanol–water partition coefficient (Wildman–Crippen LogP) is 4.45. The lowest BCUT2D eigenvalue weighted by molar-refractivity contribution is 0.00164. The van der Waals surface area contributed by atoms with Gasteiger partial charge in [0.25, 0.3) is 0 Å². The molecule has 0 amide bonds. The highest BCUT2D eigenvalue weighted by molar-refractivity contribution is 5.60. The Morgan fingerprint density at radius 2 is 1.12 bits per heavy atom. The highest BCUT2D eigenvalue weighted by Crippen LogP contribution is 2.13. The molecule has 0 N–H and O–H groups in total. The third-order valence-electron chi connectivity index (χ3n) is 5.66. The zero-order valence-corrected chi connectivity index (χ0v) is 17.1.